The molecular weight excluding hydrogens is 238 g/mol. The summed E-state index contributed by atoms with van der Waals surface area (Å²) in [4.78, 5) is 15.8. The van der Waals surface area contributed by atoms with E-state index in [0.29, 0.717) is 5.65 Å². The van der Waals surface area contributed by atoms with Gasteiger partial charge in [0.15, 0.2) is 5.65 Å². The van der Waals surface area contributed by atoms with Crippen LogP contribution in [0.5, 0.6) is 0 Å². The molecule has 17 heavy (non-hydrogen) atoms. The molecule has 0 bridgehead atoms. The third-order valence-corrected chi connectivity index (χ3v) is 3.85. The molecule has 1 aliphatic carbocycles. The van der Waals surface area contributed by atoms with Crippen LogP contribution < -0.4 is 5.73 Å². The van der Waals surface area contributed by atoms with Gasteiger partial charge in [0.05, 0.1) is 6.20 Å². The van der Waals surface area contributed by atoms with E-state index in [2.05, 4.69) is 19.9 Å². The van der Waals surface area contributed by atoms with E-state index in [1.807, 2.05) is 0 Å². The predicted molar refractivity (Wildman–Crippen MR) is 65.9 cm³/mol. The summed E-state index contributed by atoms with van der Waals surface area (Å²) in [5.41, 5.74) is 7.66. The molecule has 3 rings (SSSR count). The number of nitrogens with zero attached hydrogens (tertiary/aromatic N) is 3. The highest BCUT2D eigenvalue weighted by Gasteiger charge is 2.33. The van der Waals surface area contributed by atoms with Crippen molar-refractivity contribution in [2.24, 2.45) is 5.73 Å². The molecule has 90 valence electrons. The van der Waals surface area contributed by atoms with Gasteiger partial charge in [-0.1, -0.05) is 6.42 Å². The van der Waals surface area contributed by atoms with Crippen LogP contribution in [-0.2, 0) is 0 Å². The van der Waals surface area contributed by atoms with Crippen molar-refractivity contribution < 1.29 is 0 Å². The van der Waals surface area contributed by atoms with Gasteiger partial charge >= 0.3 is 0 Å². The van der Waals surface area contributed by atoms with E-state index in [1.54, 1.807) is 6.20 Å². The molecule has 3 N–H and O–H groups in total. The summed E-state index contributed by atoms with van der Waals surface area (Å²) in [6.07, 6.45) is 6.29. The Morgan fingerprint density at radius 3 is 3.06 bits per heavy atom. The number of fused-ring (bicyclic) bond motifs is 1. The van der Waals surface area contributed by atoms with Gasteiger partial charge in [-0.3, -0.25) is 0 Å². The number of aromatic nitrogens is 4. The summed E-state index contributed by atoms with van der Waals surface area (Å²) in [7, 11) is 0. The molecule has 0 amide bonds. The van der Waals surface area contributed by atoms with Gasteiger partial charge in [0, 0.05) is 17.3 Å². The molecule has 1 aliphatic rings. The molecule has 5 nitrogen and oxygen atoms in total. The van der Waals surface area contributed by atoms with E-state index in [-0.39, 0.29) is 17.3 Å². The first-order valence-electron chi connectivity index (χ1n) is 5.81. The van der Waals surface area contributed by atoms with E-state index < -0.39 is 0 Å². The van der Waals surface area contributed by atoms with E-state index >= 15 is 0 Å². The molecule has 2 heterocycles. The third kappa shape index (κ3) is 1.89. The molecule has 2 aromatic rings. The maximum absolute atomic E-state index is 6.36. The Kier molecular flexibility index (Phi) is 2.72. The summed E-state index contributed by atoms with van der Waals surface area (Å²) in [5.74, 6) is 0.923. The number of imidazole rings is 1. The summed E-state index contributed by atoms with van der Waals surface area (Å²) in [6, 6.07) is 0.0692. The number of H-pyrrole nitrogens is 1. The molecule has 1 fully saturated rings. The summed E-state index contributed by atoms with van der Waals surface area (Å²) < 4.78 is 0. The first-order chi connectivity index (χ1) is 8.25. The number of hydrogen-bond acceptors (Lipinski definition) is 4. The van der Waals surface area contributed by atoms with Gasteiger partial charge in [-0.05, 0) is 12.8 Å². The Morgan fingerprint density at radius 1 is 1.41 bits per heavy atom. The SMILES string of the molecule is NC1CCCC(Cl)C1c1nc2ncncc2[nH]1. The second-order valence-electron chi connectivity index (χ2n) is 4.52. The minimum Gasteiger partial charge on any atom is -0.339 e. The van der Waals surface area contributed by atoms with Crippen molar-refractivity contribution in [2.45, 2.75) is 36.6 Å². The smallest absolute Gasteiger partial charge is 0.180 e. The van der Waals surface area contributed by atoms with Crippen molar-refractivity contribution in [3.8, 4) is 0 Å². The molecule has 0 spiro atoms. The second-order valence-corrected chi connectivity index (χ2v) is 5.08. The molecule has 0 aromatic carbocycles. The average molecular weight is 252 g/mol. The van der Waals surface area contributed by atoms with Crippen molar-refractivity contribution in [1.29, 1.82) is 0 Å². The summed E-state index contributed by atoms with van der Waals surface area (Å²) in [5, 5.41) is 0.0484. The van der Waals surface area contributed by atoms with Gasteiger partial charge < -0.3 is 10.7 Å². The number of rotatable bonds is 1. The van der Waals surface area contributed by atoms with Gasteiger partial charge in [0.25, 0.3) is 0 Å². The molecule has 3 atom stereocenters. The van der Waals surface area contributed by atoms with Crippen molar-refractivity contribution in [1.82, 2.24) is 19.9 Å². The number of nitrogens with one attached hydrogen (secondary N) is 1. The van der Waals surface area contributed by atoms with Gasteiger partial charge in [-0.25, -0.2) is 15.0 Å². The van der Waals surface area contributed by atoms with Gasteiger partial charge in [0.1, 0.15) is 17.7 Å². The van der Waals surface area contributed by atoms with Crippen molar-refractivity contribution in [3.63, 3.8) is 0 Å². The Balaban J connectivity index is 2.01. The zero-order chi connectivity index (χ0) is 11.8. The number of hydrogen-bond donors (Lipinski definition) is 2. The van der Waals surface area contributed by atoms with Crippen LogP contribution in [0.3, 0.4) is 0 Å². The summed E-state index contributed by atoms with van der Waals surface area (Å²) >= 11 is 6.36. The molecule has 6 heteroatoms. The van der Waals surface area contributed by atoms with E-state index in [4.69, 9.17) is 17.3 Å². The Bertz CT molecular complexity index is 482. The largest absolute Gasteiger partial charge is 0.339 e. The van der Waals surface area contributed by atoms with E-state index in [0.717, 1.165) is 30.6 Å². The zero-order valence-corrected chi connectivity index (χ0v) is 10.1. The fraction of sp³-hybridized carbons (Fsp3) is 0.545. The topological polar surface area (TPSA) is 80.5 Å². The normalized spacial score (nSPS) is 29.6. The lowest BCUT2D eigenvalue weighted by molar-refractivity contribution is 0.381. The lowest BCUT2D eigenvalue weighted by Gasteiger charge is -2.31. The van der Waals surface area contributed by atoms with Crippen molar-refractivity contribution in [2.75, 3.05) is 0 Å². The molecule has 0 radical (unpaired) electrons. The fourth-order valence-electron chi connectivity index (χ4n) is 2.49. The minimum absolute atomic E-state index is 0.0484. The van der Waals surface area contributed by atoms with Crippen LogP contribution in [-0.4, -0.2) is 31.4 Å². The van der Waals surface area contributed by atoms with Crippen LogP contribution in [0.4, 0.5) is 0 Å². The Morgan fingerprint density at radius 2 is 2.29 bits per heavy atom. The maximum Gasteiger partial charge on any atom is 0.180 e. The molecular formula is C11H14ClN5. The van der Waals surface area contributed by atoms with Crippen LogP contribution in [0.1, 0.15) is 31.0 Å². The van der Waals surface area contributed by atoms with Crippen LogP contribution >= 0.6 is 11.6 Å². The fourth-order valence-corrected chi connectivity index (χ4v) is 2.95. The first-order valence-corrected chi connectivity index (χ1v) is 6.24. The number of halogens is 1. The van der Waals surface area contributed by atoms with Crippen molar-refractivity contribution >= 4 is 22.8 Å². The van der Waals surface area contributed by atoms with Crippen LogP contribution in [0.2, 0.25) is 0 Å². The Hall–Kier alpha value is -1.20. The van der Waals surface area contributed by atoms with Crippen LogP contribution in [0.15, 0.2) is 12.5 Å². The third-order valence-electron chi connectivity index (χ3n) is 3.36. The standard InChI is InChI=1S/C11H14ClN5/c12-6-2-1-3-7(13)9(6)11-16-8-4-14-5-15-10(8)17-11/h4-7,9H,1-3,13H2,(H,14,15,16,17). The van der Waals surface area contributed by atoms with Gasteiger partial charge in [-0.15, -0.1) is 11.6 Å². The molecule has 0 aliphatic heterocycles. The monoisotopic (exact) mass is 251 g/mol. The highest BCUT2D eigenvalue weighted by molar-refractivity contribution is 6.21. The van der Waals surface area contributed by atoms with E-state index in [1.165, 1.54) is 6.33 Å². The molecule has 2 aromatic heterocycles. The zero-order valence-electron chi connectivity index (χ0n) is 9.31. The minimum atomic E-state index is 0.0484. The quantitative estimate of drug-likeness (QED) is 0.754. The van der Waals surface area contributed by atoms with Crippen LogP contribution in [0, 0.1) is 0 Å². The van der Waals surface area contributed by atoms with E-state index in [9.17, 15) is 0 Å². The molecule has 3 unspecified atom stereocenters. The second kappa shape index (κ2) is 4.23. The Labute approximate surface area is 104 Å². The summed E-state index contributed by atoms with van der Waals surface area (Å²) in [6.45, 7) is 0. The number of alkyl halides is 1. The number of aromatic amines is 1. The first kappa shape index (κ1) is 10.9. The van der Waals surface area contributed by atoms with Gasteiger partial charge in [0.2, 0.25) is 0 Å². The maximum atomic E-state index is 6.36. The predicted octanol–water partition coefficient (Wildman–Crippen LogP) is 1.56. The lowest BCUT2D eigenvalue weighted by Crippen LogP contribution is -2.38. The van der Waals surface area contributed by atoms with Crippen LogP contribution in [0.25, 0.3) is 11.2 Å². The lowest BCUT2D eigenvalue weighted by atomic mass is 9.84. The molecule has 1 saturated carbocycles. The number of nitrogens with two attached hydrogens (primary N) is 1. The van der Waals surface area contributed by atoms with Crippen molar-refractivity contribution in [3.05, 3.63) is 18.3 Å². The highest BCUT2D eigenvalue weighted by atomic mass is 35.5. The molecule has 0 saturated heterocycles. The average Bonchev–Trinajstić information content (AvgIpc) is 2.71. The highest BCUT2D eigenvalue weighted by Crippen LogP contribution is 2.34. The van der Waals surface area contributed by atoms with Gasteiger partial charge in [-0.2, -0.15) is 0 Å².